The van der Waals surface area contributed by atoms with Crippen molar-refractivity contribution in [1.29, 1.82) is 0 Å². The largest absolute Gasteiger partial charge is 0.349 e. The summed E-state index contributed by atoms with van der Waals surface area (Å²) in [6, 6.07) is 11.6. The second kappa shape index (κ2) is 9.41. The summed E-state index contributed by atoms with van der Waals surface area (Å²) in [5, 5.41) is 5.83. The van der Waals surface area contributed by atoms with Crippen molar-refractivity contribution in [2.45, 2.75) is 25.4 Å². The number of hydrogen-bond acceptors (Lipinski definition) is 2. The Balaban J connectivity index is 1.37. The number of rotatable bonds is 6. The van der Waals surface area contributed by atoms with Crippen LogP contribution in [0.4, 0.5) is 8.78 Å². The molecule has 5 nitrogen and oxygen atoms in total. The molecule has 0 radical (unpaired) electrons. The van der Waals surface area contributed by atoms with Gasteiger partial charge in [0.1, 0.15) is 11.6 Å². The predicted octanol–water partition coefficient (Wildman–Crippen LogP) is 1.06. The van der Waals surface area contributed by atoms with Crippen LogP contribution in [0.2, 0.25) is 0 Å². The summed E-state index contributed by atoms with van der Waals surface area (Å²) in [7, 11) is 0. The Hall–Kier alpha value is -2.80. The Kier molecular flexibility index (Phi) is 6.71. The van der Waals surface area contributed by atoms with Crippen LogP contribution in [-0.4, -0.2) is 37.5 Å². The lowest BCUT2D eigenvalue weighted by atomic mass is 10.0. The van der Waals surface area contributed by atoms with Crippen LogP contribution in [-0.2, 0) is 11.3 Å². The SMILES string of the molecule is O=C(C[NH+]1CCC(NC(=O)c2ccc(F)cc2)CC1)NCc1ccc(F)cc1. The van der Waals surface area contributed by atoms with Gasteiger partial charge in [-0.3, -0.25) is 9.59 Å². The molecule has 2 amide bonds. The highest BCUT2D eigenvalue weighted by Gasteiger charge is 2.25. The molecule has 3 N–H and O–H groups in total. The van der Waals surface area contributed by atoms with E-state index in [2.05, 4.69) is 10.6 Å². The predicted molar refractivity (Wildman–Crippen MR) is 101 cm³/mol. The van der Waals surface area contributed by atoms with Crippen molar-refractivity contribution < 1.29 is 23.3 Å². The van der Waals surface area contributed by atoms with Crippen molar-refractivity contribution in [3.05, 3.63) is 71.3 Å². The molecule has 1 heterocycles. The monoisotopic (exact) mass is 388 g/mol. The minimum Gasteiger partial charge on any atom is -0.349 e. The molecular formula is C21H24F2N3O2+. The van der Waals surface area contributed by atoms with E-state index in [0.29, 0.717) is 18.7 Å². The van der Waals surface area contributed by atoms with Gasteiger partial charge in [0, 0.05) is 31.0 Å². The van der Waals surface area contributed by atoms with Crippen LogP contribution in [0.3, 0.4) is 0 Å². The zero-order chi connectivity index (χ0) is 19.9. The zero-order valence-corrected chi connectivity index (χ0v) is 15.5. The Labute approximate surface area is 162 Å². The lowest BCUT2D eigenvalue weighted by Crippen LogP contribution is -3.14. The molecule has 0 saturated carbocycles. The molecule has 0 atom stereocenters. The smallest absolute Gasteiger partial charge is 0.275 e. The first-order valence-electron chi connectivity index (χ1n) is 9.41. The minimum absolute atomic E-state index is 0.0480. The van der Waals surface area contributed by atoms with Crippen LogP contribution in [0.25, 0.3) is 0 Å². The second-order valence-electron chi connectivity index (χ2n) is 7.08. The molecule has 1 fully saturated rings. The van der Waals surface area contributed by atoms with Crippen molar-refractivity contribution in [2.75, 3.05) is 19.6 Å². The number of benzene rings is 2. The molecule has 0 aromatic heterocycles. The number of piperidine rings is 1. The van der Waals surface area contributed by atoms with Crippen molar-refractivity contribution in [2.24, 2.45) is 0 Å². The van der Waals surface area contributed by atoms with Crippen LogP contribution in [0.15, 0.2) is 48.5 Å². The van der Waals surface area contributed by atoms with Gasteiger partial charge in [-0.15, -0.1) is 0 Å². The van der Waals surface area contributed by atoms with Crippen LogP contribution >= 0.6 is 0 Å². The summed E-state index contributed by atoms with van der Waals surface area (Å²) in [6.45, 7) is 2.33. The number of amides is 2. The van der Waals surface area contributed by atoms with Gasteiger partial charge in [0.2, 0.25) is 0 Å². The molecule has 28 heavy (non-hydrogen) atoms. The molecule has 0 spiro atoms. The highest BCUT2D eigenvalue weighted by Crippen LogP contribution is 2.06. The Bertz CT molecular complexity index is 801. The van der Waals surface area contributed by atoms with E-state index in [9.17, 15) is 18.4 Å². The van der Waals surface area contributed by atoms with Gasteiger partial charge in [0.25, 0.3) is 11.8 Å². The average molecular weight is 388 g/mol. The van der Waals surface area contributed by atoms with E-state index in [-0.39, 0.29) is 29.5 Å². The number of carbonyl (C=O) groups is 2. The summed E-state index contributed by atoms with van der Waals surface area (Å²) < 4.78 is 25.8. The number of hydrogen-bond donors (Lipinski definition) is 3. The van der Waals surface area contributed by atoms with Gasteiger partial charge >= 0.3 is 0 Å². The molecule has 1 aliphatic rings. The maximum absolute atomic E-state index is 12.9. The van der Waals surface area contributed by atoms with E-state index in [4.69, 9.17) is 0 Å². The van der Waals surface area contributed by atoms with Crippen LogP contribution in [0, 0.1) is 11.6 Å². The molecule has 0 unspecified atom stereocenters. The average Bonchev–Trinajstić information content (AvgIpc) is 2.69. The van der Waals surface area contributed by atoms with Crippen molar-refractivity contribution >= 4 is 11.8 Å². The van der Waals surface area contributed by atoms with E-state index in [1.807, 2.05) is 0 Å². The van der Waals surface area contributed by atoms with Gasteiger partial charge in [0.05, 0.1) is 13.1 Å². The Morgan fingerprint density at radius 1 is 0.929 bits per heavy atom. The van der Waals surface area contributed by atoms with Crippen LogP contribution in [0.1, 0.15) is 28.8 Å². The fraction of sp³-hybridized carbons (Fsp3) is 0.333. The molecule has 3 rings (SSSR count). The molecule has 2 aromatic rings. The molecular weight excluding hydrogens is 364 g/mol. The Morgan fingerprint density at radius 3 is 2.11 bits per heavy atom. The van der Waals surface area contributed by atoms with Gasteiger partial charge in [-0.25, -0.2) is 8.78 Å². The van der Waals surface area contributed by atoms with Crippen molar-refractivity contribution in [3.8, 4) is 0 Å². The first-order valence-corrected chi connectivity index (χ1v) is 9.41. The topological polar surface area (TPSA) is 62.6 Å². The van der Waals surface area contributed by atoms with Crippen molar-refractivity contribution in [1.82, 2.24) is 10.6 Å². The van der Waals surface area contributed by atoms with Crippen LogP contribution < -0.4 is 15.5 Å². The summed E-state index contributed by atoms with van der Waals surface area (Å²) in [4.78, 5) is 25.5. The standard InChI is InChI=1S/C21H23F2N3O2/c22-17-5-1-15(2-6-17)13-24-20(27)14-26-11-9-19(10-12-26)25-21(28)16-3-7-18(23)8-4-16/h1-8,19H,9-14H2,(H,24,27)(H,25,28)/p+1. The van der Waals surface area contributed by atoms with Gasteiger partial charge in [-0.2, -0.15) is 0 Å². The molecule has 1 aliphatic heterocycles. The van der Waals surface area contributed by atoms with E-state index < -0.39 is 0 Å². The Morgan fingerprint density at radius 2 is 1.50 bits per heavy atom. The van der Waals surface area contributed by atoms with E-state index >= 15 is 0 Å². The summed E-state index contributed by atoms with van der Waals surface area (Å²) in [5.74, 6) is -0.918. The zero-order valence-electron chi connectivity index (χ0n) is 15.5. The van der Waals surface area contributed by atoms with Gasteiger partial charge in [-0.1, -0.05) is 12.1 Å². The number of nitrogens with one attached hydrogen (secondary N) is 3. The molecule has 1 saturated heterocycles. The third kappa shape index (κ3) is 5.85. The van der Waals surface area contributed by atoms with Gasteiger partial charge in [0.15, 0.2) is 6.54 Å². The molecule has 0 aliphatic carbocycles. The fourth-order valence-electron chi connectivity index (χ4n) is 3.31. The summed E-state index contributed by atoms with van der Waals surface area (Å²) in [6.07, 6.45) is 1.57. The third-order valence-corrected chi connectivity index (χ3v) is 4.95. The number of quaternary nitrogens is 1. The van der Waals surface area contributed by atoms with Crippen molar-refractivity contribution in [3.63, 3.8) is 0 Å². The highest BCUT2D eigenvalue weighted by atomic mass is 19.1. The van der Waals surface area contributed by atoms with E-state index in [1.165, 1.54) is 41.3 Å². The lowest BCUT2D eigenvalue weighted by Gasteiger charge is -2.29. The number of likely N-dealkylation sites (tertiary alicyclic amines) is 1. The quantitative estimate of drug-likeness (QED) is 0.693. The summed E-state index contributed by atoms with van der Waals surface area (Å²) in [5.41, 5.74) is 1.29. The normalized spacial score (nSPS) is 19.1. The summed E-state index contributed by atoms with van der Waals surface area (Å²) >= 11 is 0. The van der Waals surface area contributed by atoms with Gasteiger partial charge < -0.3 is 15.5 Å². The fourth-order valence-corrected chi connectivity index (χ4v) is 3.31. The first kappa shape index (κ1) is 19.9. The lowest BCUT2D eigenvalue weighted by molar-refractivity contribution is -0.897. The molecule has 2 aromatic carbocycles. The first-order chi connectivity index (χ1) is 13.5. The second-order valence-corrected chi connectivity index (χ2v) is 7.08. The van der Waals surface area contributed by atoms with Crippen LogP contribution in [0.5, 0.6) is 0 Å². The molecule has 148 valence electrons. The number of carbonyl (C=O) groups excluding carboxylic acids is 2. The van der Waals surface area contributed by atoms with Gasteiger partial charge in [-0.05, 0) is 42.0 Å². The highest BCUT2D eigenvalue weighted by molar-refractivity contribution is 5.94. The molecule has 0 bridgehead atoms. The maximum Gasteiger partial charge on any atom is 0.275 e. The van der Waals surface area contributed by atoms with E-state index in [0.717, 1.165) is 31.5 Å². The number of halogens is 2. The maximum atomic E-state index is 12.9. The van der Waals surface area contributed by atoms with E-state index in [1.54, 1.807) is 12.1 Å². The molecule has 7 heteroatoms. The third-order valence-electron chi connectivity index (χ3n) is 4.95. The minimum atomic E-state index is -0.369.